The molecule has 112 valence electrons. The summed E-state index contributed by atoms with van der Waals surface area (Å²) in [5.41, 5.74) is 0.952. The fourth-order valence-corrected chi connectivity index (χ4v) is 2.09. The lowest BCUT2D eigenvalue weighted by molar-refractivity contribution is -0.121. The molecule has 0 aliphatic heterocycles. The molecule has 1 heterocycles. The Bertz CT molecular complexity index is 594. The minimum absolute atomic E-state index is 0.0201. The van der Waals surface area contributed by atoms with E-state index in [9.17, 15) is 9.18 Å². The number of carbonyl (C=O) groups excluding carboxylic acids is 1. The van der Waals surface area contributed by atoms with Crippen LogP contribution in [0.2, 0.25) is 0 Å². The molecule has 0 aliphatic rings. The van der Waals surface area contributed by atoms with Crippen molar-refractivity contribution in [3.63, 3.8) is 0 Å². The number of nitrogens with one attached hydrogen (secondary N) is 1. The Kier molecular flexibility index (Phi) is 5.03. The number of aromatic nitrogens is 3. The summed E-state index contributed by atoms with van der Waals surface area (Å²) in [6.07, 6.45) is 2.63. The maximum atomic E-state index is 12.8. The molecule has 0 fully saturated rings. The van der Waals surface area contributed by atoms with Crippen LogP contribution in [0.4, 0.5) is 4.39 Å². The first-order chi connectivity index (χ1) is 10.1. The molecular weight excluding hydrogens is 271 g/mol. The smallest absolute Gasteiger partial charge is 0.220 e. The van der Waals surface area contributed by atoms with E-state index in [1.165, 1.54) is 12.1 Å². The van der Waals surface area contributed by atoms with E-state index in [2.05, 4.69) is 15.5 Å². The third-order valence-electron chi connectivity index (χ3n) is 3.35. The Balaban J connectivity index is 1.75. The van der Waals surface area contributed by atoms with E-state index in [4.69, 9.17) is 0 Å². The van der Waals surface area contributed by atoms with Gasteiger partial charge in [-0.25, -0.2) is 4.39 Å². The molecule has 6 heteroatoms. The second-order valence-electron chi connectivity index (χ2n) is 5.13. The van der Waals surface area contributed by atoms with E-state index in [0.29, 0.717) is 19.4 Å². The van der Waals surface area contributed by atoms with Crippen molar-refractivity contribution >= 4 is 5.91 Å². The van der Waals surface area contributed by atoms with Gasteiger partial charge in [0.15, 0.2) is 0 Å². The van der Waals surface area contributed by atoms with Gasteiger partial charge in [-0.3, -0.25) is 4.79 Å². The molecule has 0 bridgehead atoms. The van der Waals surface area contributed by atoms with Gasteiger partial charge < -0.3 is 9.88 Å². The predicted octanol–water partition coefficient (Wildman–Crippen LogP) is 1.81. The summed E-state index contributed by atoms with van der Waals surface area (Å²) in [5.74, 6) is 0.662. The normalized spacial score (nSPS) is 12.1. The van der Waals surface area contributed by atoms with Crippen molar-refractivity contribution in [2.45, 2.75) is 25.7 Å². The second-order valence-corrected chi connectivity index (χ2v) is 5.13. The zero-order valence-corrected chi connectivity index (χ0v) is 12.2. The average Bonchev–Trinajstić information content (AvgIpc) is 2.90. The molecule has 1 amide bonds. The van der Waals surface area contributed by atoms with Gasteiger partial charge in [0.05, 0.1) is 0 Å². The molecule has 1 atom stereocenters. The zero-order valence-electron chi connectivity index (χ0n) is 12.2. The monoisotopic (exact) mass is 290 g/mol. The molecule has 1 N–H and O–H groups in total. The lowest BCUT2D eigenvalue weighted by atomic mass is 10.1. The summed E-state index contributed by atoms with van der Waals surface area (Å²) in [4.78, 5) is 11.8. The van der Waals surface area contributed by atoms with Crippen LogP contribution < -0.4 is 5.32 Å². The second kappa shape index (κ2) is 6.97. The predicted molar refractivity (Wildman–Crippen MR) is 77.1 cm³/mol. The van der Waals surface area contributed by atoms with Crippen LogP contribution in [0, 0.1) is 5.82 Å². The Morgan fingerprint density at radius 2 is 2.10 bits per heavy atom. The molecular formula is C15H19FN4O. The van der Waals surface area contributed by atoms with Crippen molar-refractivity contribution in [3.8, 4) is 0 Å². The van der Waals surface area contributed by atoms with Crippen LogP contribution in [-0.4, -0.2) is 27.2 Å². The summed E-state index contributed by atoms with van der Waals surface area (Å²) < 4.78 is 14.6. The quantitative estimate of drug-likeness (QED) is 0.882. The first-order valence-corrected chi connectivity index (χ1v) is 6.91. The third-order valence-corrected chi connectivity index (χ3v) is 3.35. The maximum Gasteiger partial charge on any atom is 0.220 e. The molecule has 1 aromatic carbocycles. The molecule has 5 nitrogen and oxygen atoms in total. The number of hydrogen-bond donors (Lipinski definition) is 1. The molecule has 1 aromatic heterocycles. The van der Waals surface area contributed by atoms with Crippen LogP contribution in [0.1, 0.15) is 30.7 Å². The highest BCUT2D eigenvalue weighted by atomic mass is 19.1. The van der Waals surface area contributed by atoms with Gasteiger partial charge in [-0.15, -0.1) is 10.2 Å². The minimum Gasteiger partial charge on any atom is -0.355 e. The van der Waals surface area contributed by atoms with Crippen LogP contribution in [-0.2, 0) is 18.3 Å². The maximum absolute atomic E-state index is 12.8. The number of amides is 1. The van der Waals surface area contributed by atoms with Gasteiger partial charge in [0.1, 0.15) is 18.0 Å². The van der Waals surface area contributed by atoms with Crippen molar-refractivity contribution in [2.75, 3.05) is 6.54 Å². The largest absolute Gasteiger partial charge is 0.355 e. The van der Waals surface area contributed by atoms with E-state index >= 15 is 0 Å². The van der Waals surface area contributed by atoms with Crippen molar-refractivity contribution in [3.05, 3.63) is 47.8 Å². The Morgan fingerprint density at radius 1 is 1.38 bits per heavy atom. The molecule has 2 rings (SSSR count). The van der Waals surface area contributed by atoms with E-state index in [1.807, 2.05) is 18.5 Å². The minimum atomic E-state index is -0.263. The fraction of sp³-hybridized carbons (Fsp3) is 0.400. The Labute approximate surface area is 123 Å². The van der Waals surface area contributed by atoms with Gasteiger partial charge >= 0.3 is 0 Å². The van der Waals surface area contributed by atoms with Gasteiger partial charge in [-0.1, -0.05) is 19.1 Å². The molecule has 0 saturated carbocycles. The molecule has 0 unspecified atom stereocenters. The standard InChI is InChI=1S/C15H19FN4O/c1-11(15-19-18-10-20(15)2)9-17-14(21)8-5-12-3-6-13(16)7-4-12/h3-4,6-7,10-11H,5,8-9H2,1-2H3,(H,17,21)/t11-/m1/s1. The van der Waals surface area contributed by atoms with E-state index in [0.717, 1.165) is 11.4 Å². The average molecular weight is 290 g/mol. The Morgan fingerprint density at radius 3 is 2.71 bits per heavy atom. The van der Waals surface area contributed by atoms with Gasteiger partial charge in [-0.2, -0.15) is 0 Å². The number of aryl methyl sites for hydroxylation is 2. The van der Waals surface area contributed by atoms with Crippen LogP contribution in [0.15, 0.2) is 30.6 Å². The van der Waals surface area contributed by atoms with E-state index in [-0.39, 0.29) is 17.6 Å². The van der Waals surface area contributed by atoms with Gasteiger partial charge in [-0.05, 0) is 24.1 Å². The van der Waals surface area contributed by atoms with E-state index in [1.54, 1.807) is 18.5 Å². The van der Waals surface area contributed by atoms with Crippen molar-refractivity contribution in [1.29, 1.82) is 0 Å². The first-order valence-electron chi connectivity index (χ1n) is 6.91. The van der Waals surface area contributed by atoms with Crippen LogP contribution in [0.5, 0.6) is 0 Å². The van der Waals surface area contributed by atoms with E-state index < -0.39 is 0 Å². The van der Waals surface area contributed by atoms with Gasteiger partial charge in [0.2, 0.25) is 5.91 Å². The zero-order chi connectivity index (χ0) is 15.2. The fourth-order valence-electron chi connectivity index (χ4n) is 2.09. The number of benzene rings is 1. The number of halogens is 1. The third kappa shape index (κ3) is 4.37. The molecule has 0 aliphatic carbocycles. The molecule has 2 aromatic rings. The number of hydrogen-bond acceptors (Lipinski definition) is 3. The van der Waals surface area contributed by atoms with Crippen molar-refractivity contribution in [1.82, 2.24) is 20.1 Å². The summed E-state index contributed by atoms with van der Waals surface area (Å²) in [6.45, 7) is 2.51. The number of carbonyl (C=O) groups is 1. The van der Waals surface area contributed by atoms with Crippen LogP contribution in [0.3, 0.4) is 0 Å². The molecule has 0 radical (unpaired) electrons. The molecule has 21 heavy (non-hydrogen) atoms. The highest BCUT2D eigenvalue weighted by Gasteiger charge is 2.12. The number of rotatable bonds is 6. The number of nitrogens with zero attached hydrogens (tertiary/aromatic N) is 3. The van der Waals surface area contributed by atoms with Crippen molar-refractivity contribution in [2.24, 2.45) is 7.05 Å². The van der Waals surface area contributed by atoms with Gasteiger partial charge in [0, 0.05) is 25.9 Å². The summed E-state index contributed by atoms with van der Waals surface area (Å²) in [6, 6.07) is 6.21. The lowest BCUT2D eigenvalue weighted by Gasteiger charge is -2.11. The Hall–Kier alpha value is -2.24. The lowest BCUT2D eigenvalue weighted by Crippen LogP contribution is -2.28. The highest BCUT2D eigenvalue weighted by Crippen LogP contribution is 2.10. The highest BCUT2D eigenvalue weighted by molar-refractivity contribution is 5.76. The summed E-state index contributed by atoms with van der Waals surface area (Å²) in [5, 5.41) is 10.7. The topological polar surface area (TPSA) is 59.8 Å². The summed E-state index contributed by atoms with van der Waals surface area (Å²) >= 11 is 0. The molecule has 0 saturated heterocycles. The summed E-state index contributed by atoms with van der Waals surface area (Å²) in [7, 11) is 1.88. The van der Waals surface area contributed by atoms with Crippen LogP contribution >= 0.6 is 0 Å². The molecule has 0 spiro atoms. The SMILES string of the molecule is C[C@H](CNC(=O)CCc1ccc(F)cc1)c1nncn1C. The van der Waals surface area contributed by atoms with Gasteiger partial charge in [0.25, 0.3) is 0 Å². The first kappa shape index (κ1) is 15.2. The van der Waals surface area contributed by atoms with Crippen LogP contribution in [0.25, 0.3) is 0 Å². The van der Waals surface area contributed by atoms with Crippen molar-refractivity contribution < 1.29 is 9.18 Å².